The first-order chi connectivity index (χ1) is 16.0. The van der Waals surface area contributed by atoms with Gasteiger partial charge >= 0.3 is 5.97 Å². The zero-order valence-electron chi connectivity index (χ0n) is 19.2. The van der Waals surface area contributed by atoms with Gasteiger partial charge in [0.25, 0.3) is 0 Å². The van der Waals surface area contributed by atoms with Gasteiger partial charge in [-0.25, -0.2) is 4.39 Å². The van der Waals surface area contributed by atoms with Crippen LogP contribution in [0.15, 0.2) is 60.7 Å². The minimum absolute atomic E-state index is 0.137. The zero-order valence-corrected chi connectivity index (χ0v) is 19.2. The van der Waals surface area contributed by atoms with Crippen LogP contribution in [0.4, 0.5) is 4.39 Å². The molecule has 5 heteroatoms. The van der Waals surface area contributed by atoms with Crippen LogP contribution in [0.3, 0.4) is 0 Å². The molecule has 1 heterocycles. The molecule has 2 aliphatic rings. The fourth-order valence-electron chi connectivity index (χ4n) is 5.60. The van der Waals surface area contributed by atoms with Gasteiger partial charge in [0, 0.05) is 17.8 Å². The summed E-state index contributed by atoms with van der Waals surface area (Å²) in [5.41, 5.74) is 3.39. The van der Waals surface area contributed by atoms with E-state index < -0.39 is 5.97 Å². The van der Waals surface area contributed by atoms with Gasteiger partial charge in [0.1, 0.15) is 5.82 Å². The molecule has 2 bridgehead atoms. The maximum atomic E-state index is 13.6. The highest BCUT2D eigenvalue weighted by atomic mass is 19.1. The van der Waals surface area contributed by atoms with E-state index in [9.17, 15) is 9.18 Å². The van der Waals surface area contributed by atoms with E-state index in [2.05, 4.69) is 43.3 Å². The second kappa shape index (κ2) is 10.6. The molecule has 33 heavy (non-hydrogen) atoms. The number of aryl methyl sites for hydroxylation is 1. The Balaban J connectivity index is 1.46. The lowest BCUT2D eigenvalue weighted by molar-refractivity contribution is -0.137. The number of fused-ring (bicyclic) bond motifs is 2. The van der Waals surface area contributed by atoms with E-state index in [4.69, 9.17) is 14.6 Å². The molecule has 1 N–H and O–H groups in total. The smallest absolute Gasteiger partial charge is 0.303 e. The van der Waals surface area contributed by atoms with E-state index in [-0.39, 0.29) is 29.7 Å². The molecule has 4 nitrogen and oxygen atoms in total. The predicted molar refractivity (Wildman–Crippen MR) is 125 cm³/mol. The van der Waals surface area contributed by atoms with E-state index in [1.54, 1.807) is 0 Å². The number of hydrogen-bond acceptors (Lipinski definition) is 3. The summed E-state index contributed by atoms with van der Waals surface area (Å²) in [5.74, 6) is -0.390. The Kier molecular flexibility index (Phi) is 7.61. The van der Waals surface area contributed by atoms with Crippen LogP contribution in [0.5, 0.6) is 0 Å². The monoisotopic (exact) mass is 452 g/mol. The first-order valence-electron chi connectivity index (χ1n) is 11.9. The van der Waals surface area contributed by atoms with Gasteiger partial charge in [-0.05, 0) is 61.8 Å². The summed E-state index contributed by atoms with van der Waals surface area (Å²) in [6.45, 7) is 3.93. The van der Waals surface area contributed by atoms with Crippen LogP contribution < -0.4 is 0 Å². The summed E-state index contributed by atoms with van der Waals surface area (Å²) >= 11 is 0. The van der Waals surface area contributed by atoms with E-state index in [0.717, 1.165) is 24.8 Å². The van der Waals surface area contributed by atoms with E-state index in [1.165, 1.54) is 23.3 Å². The minimum atomic E-state index is -0.755. The number of hydrogen-bond donors (Lipinski definition) is 1. The lowest BCUT2D eigenvalue weighted by Gasteiger charge is -2.39. The summed E-state index contributed by atoms with van der Waals surface area (Å²) in [4.78, 5) is 10.7. The number of aliphatic carboxylic acids is 1. The van der Waals surface area contributed by atoms with Crippen LogP contribution >= 0.6 is 0 Å². The van der Waals surface area contributed by atoms with Gasteiger partial charge in [0.2, 0.25) is 0 Å². The molecule has 1 saturated carbocycles. The molecule has 2 fully saturated rings. The fourth-order valence-corrected chi connectivity index (χ4v) is 5.60. The second-order valence-corrected chi connectivity index (χ2v) is 9.48. The van der Waals surface area contributed by atoms with Crippen LogP contribution in [0.1, 0.15) is 48.8 Å². The van der Waals surface area contributed by atoms with Crippen molar-refractivity contribution in [2.45, 2.75) is 57.2 Å². The Morgan fingerprint density at radius 3 is 2.82 bits per heavy atom. The second-order valence-electron chi connectivity index (χ2n) is 9.48. The van der Waals surface area contributed by atoms with Crippen LogP contribution in [-0.2, 0) is 26.3 Å². The molecule has 2 aromatic carbocycles. The average molecular weight is 453 g/mol. The molecule has 0 unspecified atom stereocenters. The number of ether oxygens (including phenoxy) is 2. The molecular formula is C28H33FO4. The van der Waals surface area contributed by atoms with Gasteiger partial charge < -0.3 is 14.6 Å². The summed E-state index contributed by atoms with van der Waals surface area (Å²) in [7, 11) is 0. The molecule has 0 radical (unpaired) electrons. The first-order valence-corrected chi connectivity index (χ1v) is 11.9. The van der Waals surface area contributed by atoms with Crippen molar-refractivity contribution in [1.82, 2.24) is 0 Å². The summed E-state index contributed by atoms with van der Waals surface area (Å²) in [6.07, 6.45) is 7.82. The third-order valence-corrected chi connectivity index (χ3v) is 7.22. The molecule has 0 amide bonds. The Morgan fingerprint density at radius 1 is 1.24 bits per heavy atom. The topological polar surface area (TPSA) is 55.8 Å². The van der Waals surface area contributed by atoms with Gasteiger partial charge in [-0.3, -0.25) is 4.79 Å². The maximum Gasteiger partial charge on any atom is 0.303 e. The zero-order chi connectivity index (χ0) is 23.3. The van der Waals surface area contributed by atoms with Crippen molar-refractivity contribution < 1.29 is 23.8 Å². The first kappa shape index (κ1) is 23.7. The van der Waals surface area contributed by atoms with Crippen molar-refractivity contribution in [3.05, 3.63) is 83.2 Å². The number of carbonyl (C=O) groups is 1. The van der Waals surface area contributed by atoms with Crippen molar-refractivity contribution in [3.63, 3.8) is 0 Å². The molecular weight excluding hydrogens is 419 g/mol. The molecule has 1 saturated heterocycles. The fraction of sp³-hybridized carbons (Fsp3) is 0.464. The molecule has 1 aliphatic heterocycles. The summed E-state index contributed by atoms with van der Waals surface area (Å²) < 4.78 is 26.0. The molecule has 4 atom stereocenters. The van der Waals surface area contributed by atoms with Gasteiger partial charge in [-0.2, -0.15) is 0 Å². The Hall–Kier alpha value is -2.50. The van der Waals surface area contributed by atoms with Crippen molar-refractivity contribution in [2.75, 3.05) is 13.2 Å². The standard InChI is InChI=1S/C28H33FO4/c1-20-7-6-8-21(15-20)17-32-18-24-25(9-4-2-3-5-10-27(30)31)28(16-26(24)33-19-28)22-11-13-23(29)14-12-22/h2,4,6-8,11-15,24-26H,3,5,9-10,16-19H2,1H3,(H,30,31)/t24-,25-,26-,28-/m0/s1. The number of unbranched alkanes of at least 4 members (excludes halogenated alkanes) is 1. The number of carboxylic acid groups (broad SMARTS) is 1. The predicted octanol–water partition coefficient (Wildman–Crippen LogP) is 5.82. The SMILES string of the molecule is Cc1cccc(COC[C@@H]2[C@@H]3C[C@@](c4ccc(F)cc4)(CO3)[C@H]2CC=CCCCC(=O)O)c1. The molecule has 4 rings (SSSR count). The van der Waals surface area contributed by atoms with Gasteiger partial charge in [0.15, 0.2) is 0 Å². The highest BCUT2D eigenvalue weighted by Gasteiger charge is 2.59. The van der Waals surface area contributed by atoms with Crippen LogP contribution in [-0.4, -0.2) is 30.4 Å². The lowest BCUT2D eigenvalue weighted by Crippen LogP contribution is -2.41. The van der Waals surface area contributed by atoms with E-state index in [0.29, 0.717) is 32.2 Å². The van der Waals surface area contributed by atoms with E-state index in [1.807, 2.05) is 12.1 Å². The Labute approximate surface area is 195 Å². The number of benzene rings is 2. The Bertz CT molecular complexity index is 970. The van der Waals surface area contributed by atoms with Crippen molar-refractivity contribution >= 4 is 5.97 Å². The maximum absolute atomic E-state index is 13.6. The van der Waals surface area contributed by atoms with Crippen molar-refractivity contribution in [2.24, 2.45) is 11.8 Å². The molecule has 1 aliphatic carbocycles. The van der Waals surface area contributed by atoms with Crippen molar-refractivity contribution in [3.8, 4) is 0 Å². The molecule has 0 aromatic heterocycles. The third-order valence-electron chi connectivity index (χ3n) is 7.22. The quantitative estimate of drug-likeness (QED) is 0.345. The number of rotatable bonds is 11. The highest BCUT2D eigenvalue weighted by molar-refractivity contribution is 5.66. The third kappa shape index (κ3) is 5.53. The van der Waals surface area contributed by atoms with E-state index >= 15 is 0 Å². The number of halogens is 1. The van der Waals surface area contributed by atoms with Gasteiger partial charge in [-0.1, -0.05) is 54.1 Å². The summed E-state index contributed by atoms with van der Waals surface area (Å²) in [6, 6.07) is 15.3. The number of carboxylic acids is 1. The van der Waals surface area contributed by atoms with Crippen molar-refractivity contribution in [1.29, 1.82) is 0 Å². The Morgan fingerprint density at radius 2 is 2.06 bits per heavy atom. The molecule has 2 aromatic rings. The van der Waals surface area contributed by atoms with Gasteiger partial charge in [-0.15, -0.1) is 0 Å². The van der Waals surface area contributed by atoms with Crippen LogP contribution in [0, 0.1) is 24.6 Å². The van der Waals surface area contributed by atoms with Gasteiger partial charge in [0.05, 0.1) is 25.9 Å². The van der Waals surface area contributed by atoms with Crippen LogP contribution in [0.2, 0.25) is 0 Å². The largest absolute Gasteiger partial charge is 0.481 e. The highest BCUT2D eigenvalue weighted by Crippen LogP contribution is 2.56. The molecule has 176 valence electrons. The minimum Gasteiger partial charge on any atom is -0.481 e. The lowest BCUT2D eigenvalue weighted by atomic mass is 9.69. The van der Waals surface area contributed by atoms with Crippen LogP contribution in [0.25, 0.3) is 0 Å². The normalized spacial score (nSPS) is 26.3. The average Bonchev–Trinajstić information content (AvgIpc) is 3.35. The molecule has 0 spiro atoms. The number of allylic oxidation sites excluding steroid dienone is 2. The summed E-state index contributed by atoms with van der Waals surface area (Å²) in [5, 5.41) is 8.83.